The lowest BCUT2D eigenvalue weighted by Crippen LogP contribution is -2.22. The minimum absolute atomic E-state index is 0.104. The fourth-order valence-electron chi connectivity index (χ4n) is 2.65. The lowest BCUT2D eigenvalue weighted by atomic mass is 10.1. The highest BCUT2D eigenvalue weighted by Gasteiger charge is 2.20. The molecule has 2 heterocycles. The molecule has 4 heteroatoms. The van der Waals surface area contributed by atoms with Gasteiger partial charge in [0.2, 0.25) is 0 Å². The molecular formula is C17H16N2O2. The second-order valence-corrected chi connectivity index (χ2v) is 5.33. The molecule has 1 fully saturated rings. The van der Waals surface area contributed by atoms with Crippen molar-refractivity contribution >= 4 is 5.69 Å². The molecule has 1 saturated heterocycles. The summed E-state index contributed by atoms with van der Waals surface area (Å²) >= 11 is 0. The van der Waals surface area contributed by atoms with Crippen LogP contribution >= 0.6 is 0 Å². The molecule has 4 nitrogen and oxygen atoms in total. The minimum atomic E-state index is -0.558. The lowest BCUT2D eigenvalue weighted by molar-refractivity contribution is 0.523. The molecule has 0 N–H and O–H groups in total. The van der Waals surface area contributed by atoms with Crippen molar-refractivity contribution in [2.45, 2.75) is 19.8 Å². The van der Waals surface area contributed by atoms with Crippen LogP contribution in [0.2, 0.25) is 0 Å². The van der Waals surface area contributed by atoms with E-state index in [9.17, 15) is 10.1 Å². The zero-order valence-electron chi connectivity index (χ0n) is 11.9. The van der Waals surface area contributed by atoms with Gasteiger partial charge in [0.25, 0.3) is 0 Å². The SMILES string of the molecule is Cc1ccc(-c2cc(N3CCCC3)c(C#N)c(=O)o2)cc1. The molecule has 106 valence electrons. The van der Waals surface area contributed by atoms with Crippen molar-refractivity contribution in [3.8, 4) is 17.4 Å². The van der Waals surface area contributed by atoms with E-state index in [2.05, 4.69) is 4.90 Å². The Morgan fingerprint density at radius 2 is 1.86 bits per heavy atom. The number of nitriles is 1. The monoisotopic (exact) mass is 280 g/mol. The van der Waals surface area contributed by atoms with Crippen molar-refractivity contribution in [3.05, 3.63) is 51.9 Å². The fourth-order valence-corrected chi connectivity index (χ4v) is 2.65. The summed E-state index contributed by atoms with van der Waals surface area (Å²) in [7, 11) is 0. The molecule has 21 heavy (non-hydrogen) atoms. The predicted molar refractivity (Wildman–Crippen MR) is 81.3 cm³/mol. The van der Waals surface area contributed by atoms with E-state index in [1.807, 2.05) is 43.3 Å². The highest BCUT2D eigenvalue weighted by Crippen LogP contribution is 2.28. The number of hydrogen-bond donors (Lipinski definition) is 0. The number of benzene rings is 1. The van der Waals surface area contributed by atoms with E-state index >= 15 is 0 Å². The van der Waals surface area contributed by atoms with Crippen molar-refractivity contribution in [3.63, 3.8) is 0 Å². The molecule has 0 aliphatic carbocycles. The van der Waals surface area contributed by atoms with Gasteiger partial charge in [0.1, 0.15) is 11.8 Å². The van der Waals surface area contributed by atoms with E-state index in [0.717, 1.165) is 37.1 Å². The zero-order chi connectivity index (χ0) is 14.8. The molecule has 0 amide bonds. The molecule has 1 aliphatic rings. The molecule has 0 unspecified atom stereocenters. The Bertz CT molecular complexity index is 748. The van der Waals surface area contributed by atoms with Crippen LogP contribution < -0.4 is 10.5 Å². The quantitative estimate of drug-likeness (QED) is 0.848. The van der Waals surface area contributed by atoms with Crippen LogP contribution in [-0.2, 0) is 0 Å². The second-order valence-electron chi connectivity index (χ2n) is 5.33. The summed E-state index contributed by atoms with van der Waals surface area (Å²) in [4.78, 5) is 14.2. The van der Waals surface area contributed by atoms with Gasteiger partial charge in [-0.2, -0.15) is 5.26 Å². The first-order valence-corrected chi connectivity index (χ1v) is 7.09. The number of hydrogen-bond acceptors (Lipinski definition) is 4. The molecule has 0 radical (unpaired) electrons. The largest absolute Gasteiger partial charge is 0.422 e. The van der Waals surface area contributed by atoms with Gasteiger partial charge >= 0.3 is 5.63 Å². The van der Waals surface area contributed by atoms with Crippen molar-refractivity contribution < 1.29 is 4.42 Å². The summed E-state index contributed by atoms with van der Waals surface area (Å²) in [6.45, 7) is 3.77. The Balaban J connectivity index is 2.13. The van der Waals surface area contributed by atoms with Crippen molar-refractivity contribution in [1.29, 1.82) is 5.26 Å². The summed E-state index contributed by atoms with van der Waals surface area (Å²) in [5.74, 6) is 0.515. The van der Waals surface area contributed by atoms with E-state index in [1.165, 1.54) is 0 Å². The first kappa shape index (κ1) is 13.4. The highest BCUT2D eigenvalue weighted by molar-refractivity contribution is 5.67. The number of nitrogens with zero attached hydrogens (tertiary/aromatic N) is 2. The zero-order valence-corrected chi connectivity index (χ0v) is 11.9. The number of rotatable bonds is 2. The first-order chi connectivity index (χ1) is 10.2. The van der Waals surface area contributed by atoms with E-state index in [-0.39, 0.29) is 5.56 Å². The van der Waals surface area contributed by atoms with Gasteiger partial charge in [-0.3, -0.25) is 0 Å². The maximum absolute atomic E-state index is 12.1. The Morgan fingerprint density at radius 3 is 2.48 bits per heavy atom. The number of aryl methyl sites for hydroxylation is 1. The maximum Gasteiger partial charge on any atom is 0.356 e. The van der Waals surface area contributed by atoms with Crippen LogP contribution in [0.3, 0.4) is 0 Å². The predicted octanol–water partition coefficient (Wildman–Crippen LogP) is 3.09. The normalized spacial score (nSPS) is 14.2. The third-order valence-electron chi connectivity index (χ3n) is 3.83. The number of anilines is 1. The summed E-state index contributed by atoms with van der Waals surface area (Å²) in [5, 5.41) is 9.22. The third-order valence-corrected chi connectivity index (χ3v) is 3.83. The second kappa shape index (κ2) is 5.45. The molecule has 3 rings (SSSR count). The molecule has 1 aromatic heterocycles. The molecule has 0 saturated carbocycles. The van der Waals surface area contributed by atoms with Crippen molar-refractivity contribution in [2.75, 3.05) is 18.0 Å². The van der Waals surface area contributed by atoms with Crippen LogP contribution in [0.4, 0.5) is 5.69 Å². The van der Waals surface area contributed by atoms with E-state index in [0.29, 0.717) is 11.4 Å². The Kier molecular flexibility index (Phi) is 3.49. The van der Waals surface area contributed by atoms with E-state index in [1.54, 1.807) is 0 Å². The van der Waals surface area contributed by atoms with Crippen molar-refractivity contribution in [2.24, 2.45) is 0 Å². The smallest absolute Gasteiger partial charge is 0.356 e. The topological polar surface area (TPSA) is 57.2 Å². The molecule has 1 aliphatic heterocycles. The van der Waals surface area contributed by atoms with Crippen LogP contribution in [0, 0.1) is 18.3 Å². The van der Waals surface area contributed by atoms with Crippen LogP contribution in [0.25, 0.3) is 11.3 Å². The molecule has 0 bridgehead atoms. The lowest BCUT2D eigenvalue weighted by Gasteiger charge is -2.18. The van der Waals surface area contributed by atoms with Crippen LogP contribution in [-0.4, -0.2) is 13.1 Å². The van der Waals surface area contributed by atoms with Gasteiger partial charge < -0.3 is 9.32 Å². The van der Waals surface area contributed by atoms with Gasteiger partial charge in [-0.15, -0.1) is 0 Å². The summed E-state index contributed by atoms with van der Waals surface area (Å²) in [5.41, 5.74) is 2.24. The minimum Gasteiger partial charge on any atom is -0.422 e. The molecular weight excluding hydrogens is 264 g/mol. The Hall–Kier alpha value is -2.54. The van der Waals surface area contributed by atoms with Gasteiger partial charge in [-0.05, 0) is 19.8 Å². The van der Waals surface area contributed by atoms with Gasteiger partial charge in [0.05, 0.1) is 5.69 Å². The summed E-state index contributed by atoms with van der Waals surface area (Å²) < 4.78 is 5.32. The average molecular weight is 280 g/mol. The Labute approximate surface area is 123 Å². The van der Waals surface area contributed by atoms with Crippen molar-refractivity contribution in [1.82, 2.24) is 0 Å². The molecule has 0 atom stereocenters. The maximum atomic E-state index is 12.1. The Morgan fingerprint density at radius 1 is 1.19 bits per heavy atom. The van der Waals surface area contributed by atoms with E-state index in [4.69, 9.17) is 4.42 Å². The van der Waals surface area contributed by atoms with Crippen LogP contribution in [0.5, 0.6) is 0 Å². The van der Waals surface area contributed by atoms with Gasteiger partial charge in [0, 0.05) is 24.7 Å². The summed E-state index contributed by atoms with van der Waals surface area (Å²) in [6, 6.07) is 11.6. The van der Waals surface area contributed by atoms with Gasteiger partial charge in [0.15, 0.2) is 5.56 Å². The first-order valence-electron chi connectivity index (χ1n) is 7.09. The summed E-state index contributed by atoms with van der Waals surface area (Å²) in [6.07, 6.45) is 2.18. The molecule has 1 aromatic carbocycles. The average Bonchev–Trinajstić information content (AvgIpc) is 3.01. The fraction of sp³-hybridized carbons (Fsp3) is 0.294. The van der Waals surface area contributed by atoms with Gasteiger partial charge in [-0.25, -0.2) is 4.79 Å². The van der Waals surface area contributed by atoms with Crippen LogP contribution in [0.1, 0.15) is 24.0 Å². The standard InChI is InChI=1S/C17H16N2O2/c1-12-4-6-13(7-5-12)16-10-15(19-8-2-3-9-19)14(11-18)17(20)21-16/h4-7,10H,2-3,8-9H2,1H3. The third kappa shape index (κ3) is 2.55. The molecule has 0 spiro atoms. The van der Waals surface area contributed by atoms with Crippen LogP contribution in [0.15, 0.2) is 39.5 Å². The van der Waals surface area contributed by atoms with E-state index < -0.39 is 5.63 Å². The highest BCUT2D eigenvalue weighted by atomic mass is 16.4. The molecule has 2 aromatic rings. The van der Waals surface area contributed by atoms with Gasteiger partial charge in [-0.1, -0.05) is 29.8 Å².